The highest BCUT2D eigenvalue weighted by Gasteiger charge is 2.32. The maximum absolute atomic E-state index is 13.4. The Morgan fingerprint density at radius 2 is 1.72 bits per heavy atom. The third-order valence-electron chi connectivity index (χ3n) is 5.37. The maximum atomic E-state index is 13.4. The lowest BCUT2D eigenvalue weighted by Gasteiger charge is -2.23. The molecule has 1 heterocycles. The number of aromatic nitrogens is 1. The van der Waals surface area contributed by atoms with Gasteiger partial charge in [-0.2, -0.15) is 0 Å². The van der Waals surface area contributed by atoms with Gasteiger partial charge in [-0.15, -0.1) is 0 Å². The number of nitrogens with one attached hydrogen (secondary N) is 1. The predicted molar refractivity (Wildman–Crippen MR) is 120 cm³/mol. The minimum Gasteiger partial charge on any atom is -0.323 e. The second-order valence-corrected chi connectivity index (χ2v) is 8.83. The molecule has 1 saturated carbocycles. The first-order valence-corrected chi connectivity index (χ1v) is 11.1. The zero-order valence-electron chi connectivity index (χ0n) is 16.1. The molecule has 3 nitrogen and oxygen atoms in total. The summed E-state index contributed by atoms with van der Waals surface area (Å²) in [6.07, 6.45) is 6.36. The van der Waals surface area contributed by atoms with Gasteiger partial charge in [-0.3, -0.25) is 4.79 Å². The van der Waals surface area contributed by atoms with E-state index in [1.54, 1.807) is 6.20 Å². The third-order valence-corrected chi connectivity index (χ3v) is 6.65. The molecule has 1 unspecified atom stereocenters. The fourth-order valence-electron chi connectivity index (χ4n) is 3.98. The molecule has 0 spiro atoms. The van der Waals surface area contributed by atoms with Crippen molar-refractivity contribution in [3.05, 3.63) is 83.5 Å². The number of benzene rings is 2. The number of amides is 1. The average Bonchev–Trinajstić information content (AvgIpc) is 3.26. The number of hydrogen-bond donors (Lipinski definition) is 1. The zero-order chi connectivity index (χ0) is 20.1. The van der Waals surface area contributed by atoms with Crippen LogP contribution in [-0.2, 0) is 4.79 Å². The molecule has 1 fully saturated rings. The SMILES string of the molecule is O=C(Nc1cccnc1Sc1ccc(Cl)cc1)C(c1ccccc1)C1CCCC1. The Bertz CT molecular complexity index is 956. The molecule has 148 valence electrons. The Morgan fingerprint density at radius 1 is 1.00 bits per heavy atom. The third kappa shape index (κ3) is 5.01. The quantitative estimate of drug-likeness (QED) is 0.475. The molecule has 29 heavy (non-hydrogen) atoms. The molecule has 1 aromatic heterocycles. The van der Waals surface area contributed by atoms with E-state index in [2.05, 4.69) is 22.4 Å². The highest BCUT2D eigenvalue weighted by molar-refractivity contribution is 7.99. The van der Waals surface area contributed by atoms with Gasteiger partial charge in [-0.25, -0.2) is 4.98 Å². The fourth-order valence-corrected chi connectivity index (χ4v) is 4.94. The van der Waals surface area contributed by atoms with Crippen molar-refractivity contribution in [2.24, 2.45) is 5.92 Å². The summed E-state index contributed by atoms with van der Waals surface area (Å²) in [6, 6.07) is 21.5. The van der Waals surface area contributed by atoms with Crippen molar-refractivity contribution in [3.8, 4) is 0 Å². The molecule has 5 heteroatoms. The Labute approximate surface area is 180 Å². The normalized spacial score (nSPS) is 15.2. The lowest BCUT2D eigenvalue weighted by Crippen LogP contribution is -2.26. The molecule has 0 saturated heterocycles. The molecule has 0 bridgehead atoms. The summed E-state index contributed by atoms with van der Waals surface area (Å²) in [4.78, 5) is 18.9. The van der Waals surface area contributed by atoms with Crippen LogP contribution in [0.15, 0.2) is 82.8 Å². The van der Waals surface area contributed by atoms with Crippen molar-refractivity contribution >= 4 is 35.0 Å². The average molecular weight is 423 g/mol. The van der Waals surface area contributed by atoms with Gasteiger partial charge < -0.3 is 5.32 Å². The van der Waals surface area contributed by atoms with E-state index in [-0.39, 0.29) is 11.8 Å². The van der Waals surface area contributed by atoms with Crippen LogP contribution < -0.4 is 5.32 Å². The summed E-state index contributed by atoms with van der Waals surface area (Å²) < 4.78 is 0. The topological polar surface area (TPSA) is 42.0 Å². The van der Waals surface area contributed by atoms with E-state index in [0.717, 1.165) is 34.0 Å². The van der Waals surface area contributed by atoms with Gasteiger partial charge in [0.1, 0.15) is 5.03 Å². The van der Waals surface area contributed by atoms with Gasteiger partial charge in [0.2, 0.25) is 5.91 Å². The summed E-state index contributed by atoms with van der Waals surface area (Å²) in [7, 11) is 0. The van der Waals surface area contributed by atoms with Crippen LogP contribution in [0.25, 0.3) is 0 Å². The lowest BCUT2D eigenvalue weighted by atomic mass is 9.84. The van der Waals surface area contributed by atoms with Crippen LogP contribution in [0.2, 0.25) is 5.02 Å². The van der Waals surface area contributed by atoms with Gasteiger partial charge in [0, 0.05) is 16.1 Å². The van der Waals surface area contributed by atoms with E-state index in [0.29, 0.717) is 10.9 Å². The lowest BCUT2D eigenvalue weighted by molar-refractivity contribution is -0.118. The zero-order valence-corrected chi connectivity index (χ0v) is 17.6. The number of carbonyl (C=O) groups excluding carboxylic acids is 1. The number of halogens is 1. The van der Waals surface area contributed by atoms with Crippen molar-refractivity contribution < 1.29 is 4.79 Å². The Balaban J connectivity index is 1.57. The van der Waals surface area contributed by atoms with E-state index in [1.165, 1.54) is 24.6 Å². The molecule has 0 radical (unpaired) electrons. The van der Waals surface area contributed by atoms with Crippen LogP contribution in [-0.4, -0.2) is 10.9 Å². The standard InChI is InChI=1S/C24H23ClN2OS/c25-19-12-14-20(15-13-19)29-24-21(11-6-16-26-24)27-23(28)22(18-9-4-5-10-18)17-7-2-1-3-8-17/h1-3,6-8,11-16,18,22H,4-5,9-10H2,(H,27,28). The van der Waals surface area contributed by atoms with Gasteiger partial charge in [0.05, 0.1) is 11.6 Å². The largest absolute Gasteiger partial charge is 0.323 e. The van der Waals surface area contributed by atoms with Gasteiger partial charge in [0.15, 0.2) is 0 Å². The van der Waals surface area contributed by atoms with E-state index in [9.17, 15) is 4.79 Å². The molecule has 1 aliphatic rings. The molecular formula is C24H23ClN2OS. The van der Waals surface area contributed by atoms with Crippen molar-refractivity contribution in [1.82, 2.24) is 4.98 Å². The van der Waals surface area contributed by atoms with E-state index < -0.39 is 0 Å². The Kier molecular flexibility index (Phi) is 6.53. The summed E-state index contributed by atoms with van der Waals surface area (Å²) >= 11 is 7.51. The molecular weight excluding hydrogens is 400 g/mol. The van der Waals surface area contributed by atoms with Crippen LogP contribution in [0.3, 0.4) is 0 Å². The molecule has 1 amide bonds. The van der Waals surface area contributed by atoms with E-state index in [1.807, 2.05) is 54.6 Å². The molecule has 1 aliphatic carbocycles. The van der Waals surface area contributed by atoms with Crippen LogP contribution in [0.1, 0.15) is 37.2 Å². The molecule has 2 aromatic carbocycles. The van der Waals surface area contributed by atoms with Crippen molar-refractivity contribution in [1.29, 1.82) is 0 Å². The van der Waals surface area contributed by atoms with Gasteiger partial charge in [0.25, 0.3) is 0 Å². The summed E-state index contributed by atoms with van der Waals surface area (Å²) in [5.74, 6) is 0.308. The number of pyridine rings is 1. The fraction of sp³-hybridized carbons (Fsp3) is 0.250. The van der Waals surface area contributed by atoms with Crippen LogP contribution in [0.5, 0.6) is 0 Å². The monoisotopic (exact) mass is 422 g/mol. The summed E-state index contributed by atoms with van der Waals surface area (Å²) in [5.41, 5.74) is 1.84. The number of nitrogens with zero attached hydrogens (tertiary/aromatic N) is 1. The number of carbonyl (C=O) groups is 1. The second-order valence-electron chi connectivity index (χ2n) is 7.33. The first-order chi connectivity index (χ1) is 14.2. The molecule has 0 aliphatic heterocycles. The number of hydrogen-bond acceptors (Lipinski definition) is 3. The smallest absolute Gasteiger partial charge is 0.232 e. The Morgan fingerprint density at radius 3 is 2.45 bits per heavy atom. The molecule has 3 aromatic rings. The van der Waals surface area contributed by atoms with Gasteiger partial charge >= 0.3 is 0 Å². The number of rotatable bonds is 6. The van der Waals surface area contributed by atoms with E-state index in [4.69, 9.17) is 11.6 Å². The highest BCUT2D eigenvalue weighted by atomic mass is 35.5. The molecule has 4 rings (SSSR count). The predicted octanol–water partition coefficient (Wildman–Crippen LogP) is 6.80. The molecule has 1 N–H and O–H groups in total. The number of anilines is 1. The van der Waals surface area contributed by atoms with Crippen LogP contribution >= 0.6 is 23.4 Å². The first-order valence-electron chi connectivity index (χ1n) is 9.95. The van der Waals surface area contributed by atoms with Gasteiger partial charge in [-0.05, 0) is 60.7 Å². The van der Waals surface area contributed by atoms with Crippen LogP contribution in [0, 0.1) is 5.92 Å². The van der Waals surface area contributed by atoms with Crippen molar-refractivity contribution in [3.63, 3.8) is 0 Å². The molecule has 1 atom stereocenters. The van der Waals surface area contributed by atoms with Gasteiger partial charge in [-0.1, -0.05) is 66.5 Å². The Hall–Kier alpha value is -2.30. The minimum absolute atomic E-state index is 0.0501. The first kappa shape index (κ1) is 20.0. The van der Waals surface area contributed by atoms with Crippen LogP contribution in [0.4, 0.5) is 5.69 Å². The van der Waals surface area contributed by atoms with E-state index >= 15 is 0 Å². The van der Waals surface area contributed by atoms with Crippen molar-refractivity contribution in [2.75, 3.05) is 5.32 Å². The maximum Gasteiger partial charge on any atom is 0.232 e. The van der Waals surface area contributed by atoms with Crippen molar-refractivity contribution in [2.45, 2.75) is 41.5 Å². The second kappa shape index (κ2) is 9.47. The highest BCUT2D eigenvalue weighted by Crippen LogP contribution is 2.39. The summed E-state index contributed by atoms with van der Waals surface area (Å²) in [5, 5.41) is 4.65. The minimum atomic E-state index is -0.132. The summed E-state index contributed by atoms with van der Waals surface area (Å²) in [6.45, 7) is 0.